The summed E-state index contributed by atoms with van der Waals surface area (Å²) in [5, 5.41) is 3.04. The summed E-state index contributed by atoms with van der Waals surface area (Å²) in [6, 6.07) is 14.9. The third-order valence-electron chi connectivity index (χ3n) is 5.22. The van der Waals surface area contributed by atoms with Crippen molar-refractivity contribution in [1.82, 2.24) is 10.2 Å². The van der Waals surface area contributed by atoms with Crippen LogP contribution in [0.2, 0.25) is 0 Å². The number of carbonyl (C=O) groups excluding carboxylic acids is 1. The van der Waals surface area contributed by atoms with E-state index >= 15 is 0 Å². The van der Waals surface area contributed by atoms with Crippen molar-refractivity contribution in [2.75, 3.05) is 13.1 Å². The summed E-state index contributed by atoms with van der Waals surface area (Å²) >= 11 is 0. The van der Waals surface area contributed by atoms with Gasteiger partial charge in [0.25, 0.3) is 0 Å². The van der Waals surface area contributed by atoms with E-state index in [2.05, 4.69) is 66.5 Å². The lowest BCUT2D eigenvalue weighted by Crippen LogP contribution is -2.29. The Balaban J connectivity index is 1.47. The van der Waals surface area contributed by atoms with E-state index in [1.165, 1.54) is 49.0 Å². The molecule has 1 saturated heterocycles. The third kappa shape index (κ3) is 5.43. The SMILES string of the molecule is Cc1ccc(CC(=O)NCc2ccc(CN3CCCCC3)cc2)c(C)c1. The zero-order valence-corrected chi connectivity index (χ0v) is 16.1. The van der Waals surface area contributed by atoms with Crippen molar-refractivity contribution >= 4 is 5.91 Å². The molecule has 0 aromatic heterocycles. The molecule has 1 aliphatic heterocycles. The van der Waals surface area contributed by atoms with Crippen LogP contribution in [0.3, 0.4) is 0 Å². The molecule has 0 atom stereocenters. The molecule has 0 saturated carbocycles. The van der Waals surface area contributed by atoms with E-state index in [4.69, 9.17) is 0 Å². The smallest absolute Gasteiger partial charge is 0.224 e. The quantitative estimate of drug-likeness (QED) is 0.849. The first-order chi connectivity index (χ1) is 12.6. The predicted octanol–water partition coefficient (Wildman–Crippen LogP) is 4.15. The summed E-state index contributed by atoms with van der Waals surface area (Å²) in [4.78, 5) is 14.8. The van der Waals surface area contributed by atoms with Gasteiger partial charge >= 0.3 is 0 Å². The minimum absolute atomic E-state index is 0.0781. The summed E-state index contributed by atoms with van der Waals surface area (Å²) in [5.74, 6) is 0.0781. The van der Waals surface area contributed by atoms with Crippen molar-refractivity contribution in [3.05, 3.63) is 70.3 Å². The molecule has 0 radical (unpaired) electrons. The molecule has 0 spiro atoms. The van der Waals surface area contributed by atoms with E-state index in [-0.39, 0.29) is 5.91 Å². The normalized spacial score (nSPS) is 15.0. The van der Waals surface area contributed by atoms with Crippen molar-refractivity contribution < 1.29 is 4.79 Å². The second-order valence-electron chi connectivity index (χ2n) is 7.54. The lowest BCUT2D eigenvalue weighted by molar-refractivity contribution is -0.120. The Morgan fingerprint density at radius 2 is 1.65 bits per heavy atom. The van der Waals surface area contributed by atoms with Crippen LogP contribution in [0.4, 0.5) is 0 Å². The predicted molar refractivity (Wildman–Crippen MR) is 107 cm³/mol. The third-order valence-corrected chi connectivity index (χ3v) is 5.22. The molecule has 3 nitrogen and oxygen atoms in total. The van der Waals surface area contributed by atoms with Crippen LogP contribution in [0.15, 0.2) is 42.5 Å². The van der Waals surface area contributed by atoms with Crippen molar-refractivity contribution in [2.45, 2.75) is 52.6 Å². The number of amides is 1. The Bertz CT molecular complexity index is 730. The van der Waals surface area contributed by atoms with Crippen LogP contribution in [-0.4, -0.2) is 23.9 Å². The molecule has 0 aliphatic carbocycles. The lowest BCUT2D eigenvalue weighted by atomic mass is 10.0. The molecular formula is C23H30N2O. The molecule has 3 heteroatoms. The number of rotatable bonds is 6. The summed E-state index contributed by atoms with van der Waals surface area (Å²) in [7, 11) is 0. The van der Waals surface area contributed by atoms with Gasteiger partial charge in [-0.1, -0.05) is 54.4 Å². The van der Waals surface area contributed by atoms with E-state index in [1.807, 2.05) is 0 Å². The number of nitrogens with zero attached hydrogens (tertiary/aromatic N) is 1. The minimum atomic E-state index is 0.0781. The maximum atomic E-state index is 12.2. The van der Waals surface area contributed by atoms with Crippen LogP contribution in [0, 0.1) is 13.8 Å². The van der Waals surface area contributed by atoms with Gasteiger partial charge in [-0.25, -0.2) is 0 Å². The second-order valence-corrected chi connectivity index (χ2v) is 7.54. The first-order valence-corrected chi connectivity index (χ1v) is 9.73. The van der Waals surface area contributed by atoms with Gasteiger partial charge in [-0.3, -0.25) is 9.69 Å². The number of nitrogens with one attached hydrogen (secondary N) is 1. The highest BCUT2D eigenvalue weighted by molar-refractivity contribution is 5.78. The highest BCUT2D eigenvalue weighted by Crippen LogP contribution is 2.14. The number of aryl methyl sites for hydroxylation is 2. The Morgan fingerprint density at radius 1 is 0.962 bits per heavy atom. The molecule has 1 fully saturated rings. The molecule has 138 valence electrons. The van der Waals surface area contributed by atoms with Crippen LogP contribution >= 0.6 is 0 Å². The summed E-state index contributed by atoms with van der Waals surface area (Å²) < 4.78 is 0. The summed E-state index contributed by atoms with van der Waals surface area (Å²) in [5.41, 5.74) is 6.03. The van der Waals surface area contributed by atoms with E-state index in [0.717, 1.165) is 17.7 Å². The van der Waals surface area contributed by atoms with Crippen LogP contribution in [0.5, 0.6) is 0 Å². The van der Waals surface area contributed by atoms with Gasteiger partial charge in [0.15, 0.2) is 0 Å². The Morgan fingerprint density at radius 3 is 2.35 bits per heavy atom. The van der Waals surface area contributed by atoms with Crippen LogP contribution in [0.25, 0.3) is 0 Å². The highest BCUT2D eigenvalue weighted by atomic mass is 16.1. The number of benzene rings is 2. The molecule has 2 aromatic carbocycles. The van der Waals surface area contributed by atoms with Gasteiger partial charge in [0.1, 0.15) is 0 Å². The molecule has 0 unspecified atom stereocenters. The summed E-state index contributed by atoms with van der Waals surface area (Å²) in [6.45, 7) is 8.21. The van der Waals surface area contributed by atoms with Crippen LogP contribution in [-0.2, 0) is 24.3 Å². The number of piperidine rings is 1. The monoisotopic (exact) mass is 350 g/mol. The van der Waals surface area contributed by atoms with Gasteiger partial charge in [-0.05, 0) is 62.0 Å². The average Bonchev–Trinajstić information content (AvgIpc) is 2.64. The first-order valence-electron chi connectivity index (χ1n) is 9.73. The Hall–Kier alpha value is -2.13. The van der Waals surface area contributed by atoms with Gasteiger partial charge in [0, 0.05) is 13.1 Å². The van der Waals surface area contributed by atoms with Gasteiger partial charge in [0.2, 0.25) is 5.91 Å². The number of carbonyl (C=O) groups is 1. The molecule has 1 heterocycles. The van der Waals surface area contributed by atoms with Gasteiger partial charge in [-0.15, -0.1) is 0 Å². The highest BCUT2D eigenvalue weighted by Gasteiger charge is 2.10. The number of hydrogen-bond donors (Lipinski definition) is 1. The topological polar surface area (TPSA) is 32.3 Å². The molecular weight excluding hydrogens is 320 g/mol. The minimum Gasteiger partial charge on any atom is -0.352 e. The fraction of sp³-hybridized carbons (Fsp3) is 0.435. The van der Waals surface area contributed by atoms with Crippen molar-refractivity contribution in [1.29, 1.82) is 0 Å². The van der Waals surface area contributed by atoms with Crippen molar-refractivity contribution in [3.63, 3.8) is 0 Å². The van der Waals surface area contributed by atoms with E-state index < -0.39 is 0 Å². The molecule has 1 aliphatic rings. The van der Waals surface area contributed by atoms with Crippen LogP contribution < -0.4 is 5.32 Å². The maximum absolute atomic E-state index is 12.2. The van der Waals surface area contributed by atoms with Gasteiger partial charge in [-0.2, -0.15) is 0 Å². The number of hydrogen-bond acceptors (Lipinski definition) is 2. The summed E-state index contributed by atoms with van der Waals surface area (Å²) in [6.07, 6.45) is 4.46. The Labute approximate surface area is 157 Å². The molecule has 2 aromatic rings. The molecule has 0 bridgehead atoms. The van der Waals surface area contributed by atoms with Crippen molar-refractivity contribution in [3.8, 4) is 0 Å². The average molecular weight is 351 g/mol. The molecule has 3 rings (SSSR count). The van der Waals surface area contributed by atoms with Gasteiger partial charge in [0.05, 0.1) is 6.42 Å². The zero-order chi connectivity index (χ0) is 18.4. The second kappa shape index (κ2) is 9.00. The van der Waals surface area contributed by atoms with E-state index in [9.17, 15) is 4.79 Å². The standard InChI is InChI=1S/C23H30N2O/c1-18-6-11-22(19(2)14-18)15-23(26)24-16-20-7-9-21(10-8-20)17-25-12-4-3-5-13-25/h6-11,14H,3-5,12-13,15-17H2,1-2H3,(H,24,26). The first kappa shape index (κ1) is 18.7. The zero-order valence-electron chi connectivity index (χ0n) is 16.1. The number of likely N-dealkylation sites (tertiary alicyclic amines) is 1. The fourth-order valence-corrected chi connectivity index (χ4v) is 3.62. The van der Waals surface area contributed by atoms with E-state index in [0.29, 0.717) is 13.0 Å². The Kier molecular flexibility index (Phi) is 6.45. The van der Waals surface area contributed by atoms with E-state index in [1.54, 1.807) is 0 Å². The molecule has 1 N–H and O–H groups in total. The largest absolute Gasteiger partial charge is 0.352 e. The molecule has 1 amide bonds. The fourth-order valence-electron chi connectivity index (χ4n) is 3.62. The van der Waals surface area contributed by atoms with Crippen LogP contribution in [0.1, 0.15) is 47.1 Å². The molecule has 26 heavy (non-hydrogen) atoms. The maximum Gasteiger partial charge on any atom is 0.224 e. The lowest BCUT2D eigenvalue weighted by Gasteiger charge is -2.26. The van der Waals surface area contributed by atoms with Gasteiger partial charge < -0.3 is 5.32 Å². The van der Waals surface area contributed by atoms with Crippen molar-refractivity contribution in [2.24, 2.45) is 0 Å².